The van der Waals surface area contributed by atoms with Gasteiger partial charge < -0.3 is 10.3 Å². The molecule has 1 aromatic heterocycles. The predicted molar refractivity (Wildman–Crippen MR) is 59.0 cm³/mol. The number of aromatic nitrogens is 2. The van der Waals surface area contributed by atoms with Gasteiger partial charge in [-0.2, -0.15) is 0 Å². The molecule has 2 unspecified atom stereocenters. The van der Waals surface area contributed by atoms with Gasteiger partial charge in [0.15, 0.2) is 0 Å². The van der Waals surface area contributed by atoms with Crippen LogP contribution in [-0.4, -0.2) is 15.6 Å². The van der Waals surface area contributed by atoms with E-state index in [1.54, 1.807) is 6.20 Å². The average molecular weight is 195 g/mol. The topological polar surface area (TPSA) is 43.8 Å². The molecule has 0 aliphatic rings. The maximum Gasteiger partial charge on any atom is 0.0949 e. The summed E-state index contributed by atoms with van der Waals surface area (Å²) in [7, 11) is 0. The highest BCUT2D eigenvalue weighted by Gasteiger charge is 2.30. The quantitative estimate of drug-likeness (QED) is 0.803. The fraction of sp³-hybridized carbons (Fsp3) is 0.727. The minimum Gasteiger partial charge on any atom is -0.332 e. The van der Waals surface area contributed by atoms with E-state index in [2.05, 4.69) is 37.2 Å². The Hall–Kier alpha value is -0.830. The largest absolute Gasteiger partial charge is 0.332 e. The smallest absolute Gasteiger partial charge is 0.0949 e. The number of hydrogen-bond donors (Lipinski definition) is 1. The van der Waals surface area contributed by atoms with Crippen LogP contribution < -0.4 is 5.73 Å². The molecular formula is C11H21N3. The molecule has 1 heterocycles. The van der Waals surface area contributed by atoms with E-state index in [0.717, 1.165) is 6.42 Å². The van der Waals surface area contributed by atoms with Crippen LogP contribution >= 0.6 is 0 Å². The highest BCUT2D eigenvalue weighted by atomic mass is 15.1. The Morgan fingerprint density at radius 2 is 2.07 bits per heavy atom. The number of hydrogen-bond acceptors (Lipinski definition) is 2. The van der Waals surface area contributed by atoms with E-state index in [0.29, 0.717) is 6.04 Å². The van der Waals surface area contributed by atoms with Crippen LogP contribution in [0, 0.1) is 5.41 Å². The molecule has 14 heavy (non-hydrogen) atoms. The number of imidazole rings is 1. The summed E-state index contributed by atoms with van der Waals surface area (Å²) < 4.78 is 2.12. The molecule has 0 saturated heterocycles. The second-order valence-electron chi connectivity index (χ2n) is 4.89. The summed E-state index contributed by atoms with van der Waals surface area (Å²) >= 11 is 0. The van der Waals surface area contributed by atoms with Crippen LogP contribution in [0.4, 0.5) is 0 Å². The molecular weight excluding hydrogens is 174 g/mol. The maximum absolute atomic E-state index is 6.15. The first-order valence-electron chi connectivity index (χ1n) is 5.20. The standard InChI is InChI=1S/C11H21N3/c1-5-9(12)10(11(2,3)4)14-7-6-13-8-14/h6-10H,5,12H2,1-4H3. The van der Waals surface area contributed by atoms with Crippen molar-refractivity contribution in [2.45, 2.75) is 46.2 Å². The molecule has 0 aromatic carbocycles. The van der Waals surface area contributed by atoms with Crippen LogP contribution in [0.1, 0.15) is 40.2 Å². The molecule has 0 spiro atoms. The van der Waals surface area contributed by atoms with Gasteiger partial charge in [0.25, 0.3) is 0 Å². The van der Waals surface area contributed by atoms with Crippen molar-refractivity contribution in [3.63, 3.8) is 0 Å². The zero-order valence-corrected chi connectivity index (χ0v) is 9.57. The van der Waals surface area contributed by atoms with Crippen molar-refractivity contribution < 1.29 is 0 Å². The van der Waals surface area contributed by atoms with E-state index in [9.17, 15) is 0 Å². The third-order valence-corrected chi connectivity index (χ3v) is 2.61. The first kappa shape index (κ1) is 11.2. The van der Waals surface area contributed by atoms with Gasteiger partial charge in [-0.05, 0) is 11.8 Å². The lowest BCUT2D eigenvalue weighted by molar-refractivity contribution is 0.201. The van der Waals surface area contributed by atoms with E-state index >= 15 is 0 Å². The van der Waals surface area contributed by atoms with Crippen molar-refractivity contribution in [3.8, 4) is 0 Å². The van der Waals surface area contributed by atoms with Crippen LogP contribution in [0.3, 0.4) is 0 Å². The SMILES string of the molecule is CCC(N)C(n1ccnc1)C(C)(C)C. The molecule has 3 nitrogen and oxygen atoms in total. The molecule has 0 amide bonds. The van der Waals surface area contributed by atoms with Gasteiger partial charge in [-0.25, -0.2) is 4.98 Å². The molecule has 0 aliphatic carbocycles. The van der Waals surface area contributed by atoms with Gasteiger partial charge >= 0.3 is 0 Å². The van der Waals surface area contributed by atoms with Crippen LogP contribution in [-0.2, 0) is 0 Å². The summed E-state index contributed by atoms with van der Waals surface area (Å²) in [4.78, 5) is 4.08. The minimum absolute atomic E-state index is 0.163. The van der Waals surface area contributed by atoms with E-state index in [1.165, 1.54) is 0 Å². The molecule has 0 radical (unpaired) electrons. The molecule has 0 aliphatic heterocycles. The van der Waals surface area contributed by atoms with Crippen molar-refractivity contribution in [2.75, 3.05) is 0 Å². The van der Waals surface area contributed by atoms with Crippen molar-refractivity contribution in [1.29, 1.82) is 0 Å². The fourth-order valence-corrected chi connectivity index (χ4v) is 1.97. The lowest BCUT2D eigenvalue weighted by atomic mass is 9.81. The van der Waals surface area contributed by atoms with Gasteiger partial charge in [0.1, 0.15) is 0 Å². The van der Waals surface area contributed by atoms with Gasteiger partial charge in [-0.1, -0.05) is 27.7 Å². The van der Waals surface area contributed by atoms with Gasteiger partial charge in [-0.15, -0.1) is 0 Å². The summed E-state index contributed by atoms with van der Waals surface area (Å²) in [6.07, 6.45) is 6.64. The number of nitrogens with zero attached hydrogens (tertiary/aromatic N) is 2. The van der Waals surface area contributed by atoms with E-state index in [1.807, 2.05) is 12.5 Å². The molecule has 2 atom stereocenters. The van der Waals surface area contributed by atoms with E-state index in [-0.39, 0.29) is 11.5 Å². The summed E-state index contributed by atoms with van der Waals surface area (Å²) in [5, 5.41) is 0. The second kappa shape index (κ2) is 4.13. The second-order valence-corrected chi connectivity index (χ2v) is 4.89. The molecule has 1 aromatic rings. The molecule has 0 fully saturated rings. The van der Waals surface area contributed by atoms with Crippen LogP contribution in [0.2, 0.25) is 0 Å². The Kier molecular flexibility index (Phi) is 3.32. The van der Waals surface area contributed by atoms with Gasteiger partial charge in [-0.3, -0.25) is 0 Å². The summed E-state index contributed by atoms with van der Waals surface area (Å²) in [5.41, 5.74) is 6.31. The Labute approximate surface area is 86.3 Å². The van der Waals surface area contributed by atoms with Crippen LogP contribution in [0.25, 0.3) is 0 Å². The molecule has 0 bridgehead atoms. The van der Waals surface area contributed by atoms with Gasteiger partial charge in [0.05, 0.1) is 12.4 Å². The monoisotopic (exact) mass is 195 g/mol. The van der Waals surface area contributed by atoms with Crippen LogP contribution in [0.5, 0.6) is 0 Å². The molecule has 3 heteroatoms. The van der Waals surface area contributed by atoms with Crippen LogP contribution in [0.15, 0.2) is 18.7 Å². The zero-order valence-electron chi connectivity index (χ0n) is 9.57. The lowest BCUT2D eigenvalue weighted by Crippen LogP contribution is -2.39. The van der Waals surface area contributed by atoms with Crippen molar-refractivity contribution in [2.24, 2.45) is 11.1 Å². The van der Waals surface area contributed by atoms with E-state index in [4.69, 9.17) is 5.73 Å². The lowest BCUT2D eigenvalue weighted by Gasteiger charge is -2.35. The van der Waals surface area contributed by atoms with Crippen molar-refractivity contribution >= 4 is 0 Å². The molecule has 0 saturated carbocycles. The highest BCUT2D eigenvalue weighted by molar-refractivity contribution is 4.91. The van der Waals surface area contributed by atoms with Crippen molar-refractivity contribution in [1.82, 2.24) is 9.55 Å². The third-order valence-electron chi connectivity index (χ3n) is 2.61. The number of rotatable bonds is 3. The molecule has 2 N–H and O–H groups in total. The Morgan fingerprint density at radius 1 is 1.43 bits per heavy atom. The normalized spacial score (nSPS) is 16.6. The van der Waals surface area contributed by atoms with Crippen molar-refractivity contribution in [3.05, 3.63) is 18.7 Å². The predicted octanol–water partition coefficient (Wildman–Crippen LogP) is 2.21. The Balaban J connectivity index is 2.94. The number of nitrogens with two attached hydrogens (primary N) is 1. The van der Waals surface area contributed by atoms with Gasteiger partial charge in [0.2, 0.25) is 0 Å². The summed E-state index contributed by atoms with van der Waals surface area (Å²) in [6, 6.07) is 0.499. The van der Waals surface area contributed by atoms with Gasteiger partial charge in [0, 0.05) is 18.4 Å². The Bertz CT molecular complexity index is 259. The highest BCUT2D eigenvalue weighted by Crippen LogP contribution is 2.33. The minimum atomic E-state index is 0.163. The third kappa shape index (κ3) is 2.35. The zero-order chi connectivity index (χ0) is 10.8. The molecule has 1 rings (SSSR count). The van der Waals surface area contributed by atoms with E-state index < -0.39 is 0 Å². The fourth-order valence-electron chi connectivity index (χ4n) is 1.97. The summed E-state index contributed by atoms with van der Waals surface area (Å²) in [6.45, 7) is 8.77. The molecule has 80 valence electrons. The maximum atomic E-state index is 6.15. The first-order valence-corrected chi connectivity index (χ1v) is 5.20. The first-order chi connectivity index (χ1) is 6.46. The average Bonchev–Trinajstić information content (AvgIpc) is 2.54. The Morgan fingerprint density at radius 3 is 2.43 bits per heavy atom. The summed E-state index contributed by atoms with van der Waals surface area (Å²) in [5.74, 6) is 0.